The van der Waals surface area contributed by atoms with E-state index in [2.05, 4.69) is 28.0 Å². The molecule has 9 heteroatoms. The van der Waals surface area contributed by atoms with Crippen LogP contribution in [0, 0.1) is 11.7 Å². The Hall–Kier alpha value is -3.01. The number of nitrogens with zero attached hydrogens (tertiary/aromatic N) is 3. The number of hydroxylamine groups is 1. The molecule has 4 heterocycles. The summed E-state index contributed by atoms with van der Waals surface area (Å²) in [6, 6.07) is 11.5. The summed E-state index contributed by atoms with van der Waals surface area (Å²) in [6.45, 7) is 6.87. The predicted molar refractivity (Wildman–Crippen MR) is 151 cm³/mol. The second-order valence-electron chi connectivity index (χ2n) is 10.8. The van der Waals surface area contributed by atoms with E-state index in [0.717, 1.165) is 66.0 Å². The van der Waals surface area contributed by atoms with Crippen LogP contribution in [0.1, 0.15) is 37.3 Å². The van der Waals surface area contributed by atoms with Crippen LogP contribution < -0.4 is 9.96 Å². The van der Waals surface area contributed by atoms with Crippen LogP contribution in [0.25, 0.3) is 10.1 Å². The molecule has 0 aliphatic carbocycles. The van der Waals surface area contributed by atoms with Crippen molar-refractivity contribution in [1.82, 2.24) is 4.90 Å². The van der Waals surface area contributed by atoms with E-state index in [1.807, 2.05) is 18.4 Å². The molecule has 0 N–H and O–H groups in total. The van der Waals surface area contributed by atoms with E-state index in [1.165, 1.54) is 5.06 Å². The van der Waals surface area contributed by atoms with E-state index in [1.54, 1.807) is 23.5 Å². The van der Waals surface area contributed by atoms with E-state index in [9.17, 15) is 14.0 Å². The first-order chi connectivity index (χ1) is 18.9. The second kappa shape index (κ2) is 11.2. The summed E-state index contributed by atoms with van der Waals surface area (Å²) < 4.78 is 20.7. The number of aryl methyl sites for hydroxylation is 1. The highest BCUT2D eigenvalue weighted by molar-refractivity contribution is 7.17. The minimum absolute atomic E-state index is 0.0135. The molecule has 39 heavy (non-hydrogen) atoms. The van der Waals surface area contributed by atoms with Crippen LogP contribution in [-0.4, -0.2) is 62.2 Å². The molecule has 2 atom stereocenters. The first-order valence-corrected chi connectivity index (χ1v) is 14.7. The number of carbonyl (C=O) groups is 2. The Kier molecular flexibility index (Phi) is 7.55. The average molecular weight is 552 g/mol. The Labute approximate surface area is 232 Å². The van der Waals surface area contributed by atoms with Gasteiger partial charge in [-0.2, -0.15) is 0 Å². The topological polar surface area (TPSA) is 62.3 Å². The lowest BCUT2D eigenvalue weighted by Gasteiger charge is -2.36. The number of thiophene rings is 1. The highest BCUT2D eigenvalue weighted by Gasteiger charge is 2.33. The predicted octanol–water partition coefficient (Wildman–Crippen LogP) is 4.96. The van der Waals surface area contributed by atoms with Crippen LogP contribution in [0.15, 0.2) is 41.8 Å². The van der Waals surface area contributed by atoms with Crippen molar-refractivity contribution in [2.45, 2.75) is 45.1 Å². The van der Waals surface area contributed by atoms with Crippen LogP contribution >= 0.6 is 11.3 Å². The molecular formula is C30H34FN3O4S. The lowest BCUT2D eigenvalue weighted by atomic mass is 9.96. The highest BCUT2D eigenvalue weighted by atomic mass is 32.1. The van der Waals surface area contributed by atoms with Gasteiger partial charge in [-0.25, -0.2) is 9.18 Å². The van der Waals surface area contributed by atoms with E-state index >= 15 is 0 Å². The van der Waals surface area contributed by atoms with Gasteiger partial charge in [-0.15, -0.1) is 16.4 Å². The SMILES string of the molecule is CC1CC(C(=O)ON2C(=O)CCc3ccc(CCN4CCN(c5cc(F)cc6sccc56)CC4)cc32)CCO1. The molecule has 3 aliphatic rings. The van der Waals surface area contributed by atoms with Crippen molar-refractivity contribution in [2.75, 3.05) is 49.3 Å². The summed E-state index contributed by atoms with van der Waals surface area (Å²) in [5, 5.41) is 4.37. The largest absolute Gasteiger partial charge is 0.378 e. The van der Waals surface area contributed by atoms with Crippen molar-refractivity contribution in [3.63, 3.8) is 0 Å². The van der Waals surface area contributed by atoms with E-state index in [0.29, 0.717) is 38.0 Å². The lowest BCUT2D eigenvalue weighted by Crippen LogP contribution is -2.47. The Morgan fingerprint density at radius 3 is 2.77 bits per heavy atom. The smallest absolute Gasteiger partial charge is 0.336 e. The van der Waals surface area contributed by atoms with Gasteiger partial charge < -0.3 is 14.5 Å². The van der Waals surface area contributed by atoms with Crippen molar-refractivity contribution in [1.29, 1.82) is 0 Å². The van der Waals surface area contributed by atoms with Gasteiger partial charge in [0.25, 0.3) is 5.91 Å². The molecule has 0 bridgehead atoms. The molecule has 206 valence electrons. The van der Waals surface area contributed by atoms with Crippen LogP contribution in [0.4, 0.5) is 15.8 Å². The van der Waals surface area contributed by atoms with Gasteiger partial charge in [0.05, 0.1) is 17.7 Å². The number of amides is 1. The second-order valence-corrected chi connectivity index (χ2v) is 11.7. The third kappa shape index (κ3) is 5.66. The Bertz CT molecular complexity index is 1370. The van der Waals surface area contributed by atoms with Crippen molar-refractivity contribution in [3.8, 4) is 0 Å². The molecule has 1 amide bonds. The van der Waals surface area contributed by atoms with Gasteiger partial charge in [0.1, 0.15) is 5.82 Å². The van der Waals surface area contributed by atoms with Crippen molar-refractivity contribution < 1.29 is 23.6 Å². The van der Waals surface area contributed by atoms with Crippen LogP contribution in [0.3, 0.4) is 0 Å². The zero-order valence-corrected chi connectivity index (χ0v) is 23.1. The van der Waals surface area contributed by atoms with E-state index in [-0.39, 0.29) is 29.7 Å². The number of carbonyl (C=O) groups excluding carboxylic acids is 2. The quantitative estimate of drug-likeness (QED) is 0.432. The summed E-state index contributed by atoms with van der Waals surface area (Å²) >= 11 is 1.57. The summed E-state index contributed by atoms with van der Waals surface area (Å²) in [7, 11) is 0. The van der Waals surface area contributed by atoms with Crippen LogP contribution in [0.2, 0.25) is 0 Å². The fourth-order valence-electron chi connectivity index (χ4n) is 5.90. The number of anilines is 2. The number of ether oxygens (including phenoxy) is 1. The number of hydrogen-bond acceptors (Lipinski definition) is 7. The highest BCUT2D eigenvalue weighted by Crippen LogP contribution is 2.33. The third-order valence-corrected chi connectivity index (χ3v) is 9.01. The molecule has 0 radical (unpaired) electrons. The van der Waals surface area contributed by atoms with Crippen molar-refractivity contribution >= 4 is 44.7 Å². The summed E-state index contributed by atoms with van der Waals surface area (Å²) in [6.07, 6.45) is 3.05. The zero-order valence-electron chi connectivity index (χ0n) is 22.2. The van der Waals surface area contributed by atoms with Crippen molar-refractivity contribution in [2.24, 2.45) is 5.92 Å². The van der Waals surface area contributed by atoms with Crippen LogP contribution in [-0.2, 0) is 32.0 Å². The molecule has 2 aromatic carbocycles. The maximum atomic E-state index is 14.2. The van der Waals surface area contributed by atoms with Gasteiger partial charge in [0.15, 0.2) is 0 Å². The minimum Gasteiger partial charge on any atom is -0.378 e. The fraction of sp³-hybridized carbons (Fsp3) is 0.467. The zero-order chi connectivity index (χ0) is 26.9. The average Bonchev–Trinajstić information content (AvgIpc) is 3.42. The monoisotopic (exact) mass is 551 g/mol. The molecule has 3 aliphatic heterocycles. The molecular weight excluding hydrogens is 517 g/mol. The number of fused-ring (bicyclic) bond motifs is 2. The molecule has 1 aromatic heterocycles. The third-order valence-electron chi connectivity index (χ3n) is 8.15. The number of rotatable bonds is 6. The summed E-state index contributed by atoms with van der Waals surface area (Å²) in [5.74, 6) is -0.971. The van der Waals surface area contributed by atoms with Crippen molar-refractivity contribution in [3.05, 3.63) is 58.7 Å². The molecule has 2 unspecified atom stereocenters. The number of benzene rings is 2. The summed E-state index contributed by atoms with van der Waals surface area (Å²) in [4.78, 5) is 36.1. The van der Waals surface area contributed by atoms with Gasteiger partial charge in [0, 0.05) is 61.5 Å². The number of hydrogen-bond donors (Lipinski definition) is 0. The molecule has 3 aromatic rings. The maximum absolute atomic E-state index is 14.2. The van der Waals surface area contributed by atoms with Gasteiger partial charge in [-0.1, -0.05) is 12.1 Å². The number of piperazine rings is 1. The normalized spacial score (nSPS) is 22.3. The first kappa shape index (κ1) is 26.2. The molecule has 2 fully saturated rings. The lowest BCUT2D eigenvalue weighted by molar-refractivity contribution is -0.159. The Morgan fingerprint density at radius 2 is 1.95 bits per heavy atom. The molecule has 6 rings (SSSR count). The Balaban J connectivity index is 1.08. The van der Waals surface area contributed by atoms with Gasteiger partial charge in [0.2, 0.25) is 0 Å². The fourth-order valence-corrected chi connectivity index (χ4v) is 6.73. The van der Waals surface area contributed by atoms with Gasteiger partial charge >= 0.3 is 5.97 Å². The standard InChI is InChI=1S/C30H34FN3O4S/c1-20-16-23(7-14-37-20)30(36)38-34-26-17-21(2-3-22(26)4-5-29(34)35)6-9-32-10-12-33(13-11-32)27-18-24(31)19-28-25(27)8-15-39-28/h2-3,8,15,17-20,23H,4-7,9-14,16H2,1H3. The summed E-state index contributed by atoms with van der Waals surface area (Å²) in [5.41, 5.74) is 3.80. The molecule has 7 nitrogen and oxygen atoms in total. The Morgan fingerprint density at radius 1 is 1.10 bits per heavy atom. The first-order valence-electron chi connectivity index (χ1n) is 13.9. The molecule has 2 saturated heterocycles. The maximum Gasteiger partial charge on any atom is 0.336 e. The molecule has 0 spiro atoms. The van der Waals surface area contributed by atoms with Gasteiger partial charge in [-0.3, -0.25) is 9.69 Å². The van der Waals surface area contributed by atoms with Crippen LogP contribution in [0.5, 0.6) is 0 Å². The van der Waals surface area contributed by atoms with Gasteiger partial charge in [-0.05, 0) is 73.4 Å². The minimum atomic E-state index is -0.354. The van der Waals surface area contributed by atoms with E-state index < -0.39 is 0 Å². The van der Waals surface area contributed by atoms with E-state index in [4.69, 9.17) is 9.57 Å². The number of halogens is 1. The molecule has 0 saturated carbocycles.